The average molecular weight is 184 g/mol. The smallest absolute Gasteiger partial charge is 0.0757 e. The maximum absolute atomic E-state index is 4.64. The van der Waals surface area contributed by atoms with Gasteiger partial charge in [0.05, 0.1) is 11.2 Å². The van der Waals surface area contributed by atoms with Crippen LogP contribution in [0, 0.1) is 0 Å². The van der Waals surface area contributed by atoms with E-state index in [4.69, 9.17) is 0 Å². The molecule has 0 spiro atoms. The maximum atomic E-state index is 4.64. The van der Waals surface area contributed by atoms with Crippen molar-refractivity contribution in [3.05, 3.63) is 0 Å². The van der Waals surface area contributed by atoms with Gasteiger partial charge in [-0.3, -0.25) is 0 Å². The minimum atomic E-state index is 0.395. The third-order valence-corrected chi connectivity index (χ3v) is 2.68. The van der Waals surface area contributed by atoms with Crippen molar-refractivity contribution in [2.45, 2.75) is 37.8 Å². The zero-order chi connectivity index (χ0) is 8.97. The van der Waals surface area contributed by atoms with Crippen molar-refractivity contribution in [3.63, 3.8) is 0 Å². The van der Waals surface area contributed by atoms with Crippen molar-refractivity contribution in [1.29, 1.82) is 0 Å². The molecular weight excluding hydrogens is 168 g/mol. The first kappa shape index (κ1) is 9.85. The van der Waals surface area contributed by atoms with Crippen LogP contribution in [0.15, 0.2) is 4.99 Å². The molecule has 1 aliphatic rings. The molecule has 1 aliphatic carbocycles. The molecule has 0 saturated heterocycles. The second-order valence-corrected chi connectivity index (χ2v) is 3.79. The van der Waals surface area contributed by atoms with E-state index in [0.29, 0.717) is 12.1 Å². The van der Waals surface area contributed by atoms with Gasteiger partial charge < -0.3 is 4.90 Å². The molecule has 0 aromatic heterocycles. The van der Waals surface area contributed by atoms with Crippen molar-refractivity contribution >= 4 is 17.4 Å². The number of isothiocyanates is 1. The number of hydrogen-bond acceptors (Lipinski definition) is 3. The lowest BCUT2D eigenvalue weighted by atomic mass is 9.90. The van der Waals surface area contributed by atoms with E-state index in [1.54, 1.807) is 0 Å². The first-order chi connectivity index (χ1) is 5.75. The molecule has 3 heteroatoms. The zero-order valence-corrected chi connectivity index (χ0v) is 8.60. The summed E-state index contributed by atoms with van der Waals surface area (Å²) in [5.41, 5.74) is 0. The second-order valence-electron chi connectivity index (χ2n) is 3.60. The molecule has 2 atom stereocenters. The van der Waals surface area contributed by atoms with Crippen LogP contribution >= 0.6 is 12.2 Å². The number of hydrogen-bond donors (Lipinski definition) is 0. The Morgan fingerprint density at radius 1 is 1.33 bits per heavy atom. The fourth-order valence-electron chi connectivity index (χ4n) is 1.91. The molecule has 1 rings (SSSR count). The van der Waals surface area contributed by atoms with Gasteiger partial charge in [-0.05, 0) is 39.2 Å². The lowest BCUT2D eigenvalue weighted by Crippen LogP contribution is -2.40. The van der Waals surface area contributed by atoms with Crippen molar-refractivity contribution in [2.24, 2.45) is 4.99 Å². The molecule has 1 saturated carbocycles. The Morgan fingerprint density at radius 3 is 2.58 bits per heavy atom. The normalized spacial score (nSPS) is 29.9. The van der Waals surface area contributed by atoms with Crippen LogP contribution in [0.25, 0.3) is 0 Å². The average Bonchev–Trinajstić information content (AvgIpc) is 2.05. The van der Waals surface area contributed by atoms with Crippen molar-refractivity contribution < 1.29 is 0 Å². The Morgan fingerprint density at radius 2 is 2.00 bits per heavy atom. The van der Waals surface area contributed by atoms with Crippen LogP contribution in [-0.4, -0.2) is 36.2 Å². The second kappa shape index (κ2) is 4.70. The van der Waals surface area contributed by atoms with Gasteiger partial charge in [0.1, 0.15) is 0 Å². The standard InChI is InChI=1S/C9H16N2S/c1-11(2)9-6-4-3-5-8(9)10-7-12/h8-9H,3-6H2,1-2H3/t8-,9-/m1/s1. The van der Waals surface area contributed by atoms with Crippen LogP contribution in [0.5, 0.6) is 0 Å². The minimum absolute atomic E-state index is 0.395. The van der Waals surface area contributed by atoms with E-state index in [-0.39, 0.29) is 0 Å². The van der Waals surface area contributed by atoms with Crippen LogP contribution in [0.4, 0.5) is 0 Å². The minimum Gasteiger partial charge on any atom is -0.304 e. The first-order valence-corrected chi connectivity index (χ1v) is 4.90. The molecule has 0 bridgehead atoms. The highest BCUT2D eigenvalue weighted by Gasteiger charge is 2.25. The van der Waals surface area contributed by atoms with Gasteiger partial charge in [0.2, 0.25) is 0 Å². The highest BCUT2D eigenvalue weighted by Crippen LogP contribution is 2.23. The van der Waals surface area contributed by atoms with Crippen LogP contribution < -0.4 is 0 Å². The molecule has 0 amide bonds. The summed E-state index contributed by atoms with van der Waals surface area (Å²) >= 11 is 4.64. The largest absolute Gasteiger partial charge is 0.304 e. The van der Waals surface area contributed by atoms with Gasteiger partial charge in [0.15, 0.2) is 0 Å². The highest BCUT2D eigenvalue weighted by molar-refractivity contribution is 7.78. The summed E-state index contributed by atoms with van der Waals surface area (Å²) in [6.07, 6.45) is 5.03. The third-order valence-electron chi connectivity index (χ3n) is 2.58. The molecule has 0 radical (unpaired) electrons. The van der Waals surface area contributed by atoms with Gasteiger partial charge in [0.25, 0.3) is 0 Å². The van der Waals surface area contributed by atoms with E-state index < -0.39 is 0 Å². The van der Waals surface area contributed by atoms with Crippen molar-refractivity contribution in [1.82, 2.24) is 4.90 Å². The highest BCUT2D eigenvalue weighted by atomic mass is 32.1. The Bertz CT molecular complexity index is 185. The van der Waals surface area contributed by atoms with E-state index in [2.05, 4.69) is 41.4 Å². The van der Waals surface area contributed by atoms with Crippen LogP contribution in [0.3, 0.4) is 0 Å². The Kier molecular flexibility index (Phi) is 3.86. The maximum Gasteiger partial charge on any atom is 0.0757 e. The molecule has 2 nitrogen and oxygen atoms in total. The third kappa shape index (κ3) is 2.37. The number of likely N-dealkylation sites (N-methyl/N-ethyl adjacent to an activating group) is 1. The van der Waals surface area contributed by atoms with E-state index in [0.717, 1.165) is 0 Å². The number of nitrogens with zero attached hydrogens (tertiary/aromatic N) is 2. The fraction of sp³-hybridized carbons (Fsp3) is 0.889. The first-order valence-electron chi connectivity index (χ1n) is 4.49. The summed E-state index contributed by atoms with van der Waals surface area (Å²) in [6.45, 7) is 0. The molecule has 0 heterocycles. The Labute approximate surface area is 79.7 Å². The predicted octanol–water partition coefficient (Wildman–Crippen LogP) is 1.96. The summed E-state index contributed by atoms with van der Waals surface area (Å²) in [7, 11) is 4.23. The van der Waals surface area contributed by atoms with Gasteiger partial charge in [-0.2, -0.15) is 0 Å². The van der Waals surface area contributed by atoms with Crippen LogP contribution in [0.1, 0.15) is 25.7 Å². The molecule has 1 fully saturated rings. The number of rotatable bonds is 2. The van der Waals surface area contributed by atoms with Crippen molar-refractivity contribution in [2.75, 3.05) is 14.1 Å². The lowest BCUT2D eigenvalue weighted by molar-refractivity contribution is 0.203. The quantitative estimate of drug-likeness (QED) is 0.481. The fourth-order valence-corrected chi connectivity index (χ4v) is 2.05. The van der Waals surface area contributed by atoms with Gasteiger partial charge in [-0.1, -0.05) is 12.8 Å². The summed E-state index contributed by atoms with van der Waals surface area (Å²) in [4.78, 5) is 6.46. The van der Waals surface area contributed by atoms with Crippen molar-refractivity contribution in [3.8, 4) is 0 Å². The molecule has 0 aromatic carbocycles. The SMILES string of the molecule is CN(C)[C@@H]1CCCC[C@H]1N=C=S. The monoisotopic (exact) mass is 184 g/mol. The zero-order valence-electron chi connectivity index (χ0n) is 7.79. The van der Waals surface area contributed by atoms with Gasteiger partial charge >= 0.3 is 0 Å². The Balaban J connectivity index is 2.60. The van der Waals surface area contributed by atoms with Gasteiger partial charge in [-0.15, -0.1) is 0 Å². The molecule has 12 heavy (non-hydrogen) atoms. The Hall–Kier alpha value is -0.240. The topological polar surface area (TPSA) is 15.6 Å². The van der Waals surface area contributed by atoms with E-state index in [1.165, 1.54) is 25.7 Å². The lowest BCUT2D eigenvalue weighted by Gasteiger charge is -2.32. The number of thiocarbonyl (C=S) groups is 1. The van der Waals surface area contributed by atoms with Gasteiger partial charge in [0, 0.05) is 6.04 Å². The molecular formula is C9H16N2S. The van der Waals surface area contributed by atoms with E-state index in [9.17, 15) is 0 Å². The van der Waals surface area contributed by atoms with Gasteiger partial charge in [-0.25, -0.2) is 4.99 Å². The summed E-state index contributed by atoms with van der Waals surface area (Å²) in [5, 5.41) is 2.50. The molecule has 0 unspecified atom stereocenters. The van der Waals surface area contributed by atoms with Crippen LogP contribution in [0.2, 0.25) is 0 Å². The van der Waals surface area contributed by atoms with E-state index >= 15 is 0 Å². The molecule has 0 N–H and O–H groups in total. The number of aliphatic imine (C=N–C) groups is 1. The van der Waals surface area contributed by atoms with Crippen LogP contribution in [-0.2, 0) is 0 Å². The predicted molar refractivity (Wildman–Crippen MR) is 54.8 cm³/mol. The summed E-state index contributed by atoms with van der Waals surface area (Å²) in [5.74, 6) is 0. The summed E-state index contributed by atoms with van der Waals surface area (Å²) in [6, 6.07) is 0.973. The molecule has 0 aliphatic heterocycles. The summed E-state index contributed by atoms with van der Waals surface area (Å²) < 4.78 is 0. The molecule has 0 aromatic rings. The van der Waals surface area contributed by atoms with E-state index in [1.807, 2.05) is 0 Å². The molecule has 68 valence electrons.